The lowest BCUT2D eigenvalue weighted by Gasteiger charge is -2.01. The summed E-state index contributed by atoms with van der Waals surface area (Å²) in [5, 5.41) is 0. The number of ether oxygens (including phenoxy) is 1. The van der Waals surface area contributed by atoms with Crippen molar-refractivity contribution in [3.05, 3.63) is 29.8 Å². The quantitative estimate of drug-likeness (QED) is 0.670. The highest BCUT2D eigenvalue weighted by molar-refractivity contribution is 5.28. The third-order valence-electron chi connectivity index (χ3n) is 1.41. The fourth-order valence-corrected chi connectivity index (χ4v) is 0.860. The Kier molecular flexibility index (Phi) is 2.86. The average Bonchev–Trinajstić information content (AvgIpc) is 2.06. The third kappa shape index (κ3) is 2.20. The molecule has 0 spiro atoms. The van der Waals surface area contributed by atoms with Crippen LogP contribution in [0, 0.1) is 0 Å². The van der Waals surface area contributed by atoms with Crippen LogP contribution in [0.4, 0.5) is 4.48 Å². The second-order valence-corrected chi connectivity index (χ2v) is 2.16. The molecule has 60 valence electrons. The molecule has 0 unspecified atom stereocenters. The second kappa shape index (κ2) is 3.93. The lowest BCUT2D eigenvalue weighted by Crippen LogP contribution is -1.99. The van der Waals surface area contributed by atoms with Gasteiger partial charge in [-0.25, -0.2) is 0 Å². The zero-order valence-electron chi connectivity index (χ0n) is 6.30. The minimum Gasteiger partial charge on any atom is -0.497 e. The van der Waals surface area contributed by atoms with Crippen LogP contribution in [0.1, 0.15) is 5.56 Å². The Morgan fingerprint density at radius 2 is 2.36 bits per heavy atom. The number of hydrogen-bond acceptors (Lipinski definition) is 2. The molecule has 0 fully saturated rings. The van der Waals surface area contributed by atoms with Crippen LogP contribution in [-0.2, 0) is 6.54 Å². The van der Waals surface area contributed by atoms with Crippen molar-refractivity contribution in [1.82, 2.24) is 5.54 Å². The van der Waals surface area contributed by atoms with Crippen molar-refractivity contribution in [2.24, 2.45) is 0 Å². The standard InChI is InChI=1S/C8H10FNO/c1-11-8-4-2-3-7(5-8)6-10-9/h2-5,10H,6H2,1H3. The zero-order valence-corrected chi connectivity index (χ0v) is 6.30. The van der Waals surface area contributed by atoms with Crippen LogP contribution < -0.4 is 10.3 Å². The number of methoxy groups -OCH3 is 1. The molecule has 0 bridgehead atoms. The fraction of sp³-hybridized carbons (Fsp3) is 0.250. The topological polar surface area (TPSA) is 21.3 Å². The molecule has 11 heavy (non-hydrogen) atoms. The largest absolute Gasteiger partial charge is 0.497 e. The van der Waals surface area contributed by atoms with Crippen molar-refractivity contribution < 1.29 is 9.22 Å². The lowest BCUT2D eigenvalue weighted by molar-refractivity contribution is 0.329. The van der Waals surface area contributed by atoms with Crippen LogP contribution in [0.15, 0.2) is 24.3 Å². The molecule has 0 saturated carbocycles. The van der Waals surface area contributed by atoms with E-state index < -0.39 is 0 Å². The van der Waals surface area contributed by atoms with Gasteiger partial charge in [0.15, 0.2) is 0 Å². The summed E-state index contributed by atoms with van der Waals surface area (Å²) in [6.07, 6.45) is 0. The molecule has 0 radical (unpaired) electrons. The van der Waals surface area contributed by atoms with Crippen LogP contribution in [-0.4, -0.2) is 7.11 Å². The minimum absolute atomic E-state index is 0.219. The molecular weight excluding hydrogens is 145 g/mol. The highest BCUT2D eigenvalue weighted by Crippen LogP contribution is 2.11. The molecule has 3 heteroatoms. The lowest BCUT2D eigenvalue weighted by atomic mass is 10.2. The van der Waals surface area contributed by atoms with Gasteiger partial charge in [-0.2, -0.15) is 5.54 Å². The SMILES string of the molecule is COc1cccc(CNF)c1. The highest BCUT2D eigenvalue weighted by atomic mass is 19.2. The van der Waals surface area contributed by atoms with Crippen LogP contribution in [0.25, 0.3) is 0 Å². The smallest absolute Gasteiger partial charge is 0.119 e. The predicted molar refractivity (Wildman–Crippen MR) is 40.9 cm³/mol. The van der Waals surface area contributed by atoms with E-state index in [0.29, 0.717) is 0 Å². The van der Waals surface area contributed by atoms with Gasteiger partial charge in [-0.05, 0) is 17.7 Å². The van der Waals surface area contributed by atoms with E-state index in [1.807, 2.05) is 18.2 Å². The van der Waals surface area contributed by atoms with Crippen LogP contribution in [0.5, 0.6) is 5.75 Å². The average molecular weight is 155 g/mol. The Hall–Kier alpha value is -1.09. The van der Waals surface area contributed by atoms with Gasteiger partial charge in [0, 0.05) is 0 Å². The Balaban J connectivity index is 2.74. The molecule has 1 rings (SSSR count). The van der Waals surface area contributed by atoms with E-state index in [1.54, 1.807) is 18.7 Å². The van der Waals surface area contributed by atoms with E-state index in [-0.39, 0.29) is 6.54 Å². The normalized spacial score (nSPS) is 9.64. The van der Waals surface area contributed by atoms with Gasteiger partial charge in [0.25, 0.3) is 0 Å². The maximum atomic E-state index is 11.6. The first kappa shape index (κ1) is 8.01. The number of rotatable bonds is 3. The van der Waals surface area contributed by atoms with Crippen molar-refractivity contribution in [3.63, 3.8) is 0 Å². The molecular formula is C8H10FNO. The molecule has 1 N–H and O–H groups in total. The summed E-state index contributed by atoms with van der Waals surface area (Å²) in [4.78, 5) is 0. The van der Waals surface area contributed by atoms with Gasteiger partial charge >= 0.3 is 0 Å². The number of hydrogen-bond donors (Lipinski definition) is 1. The molecule has 0 aromatic heterocycles. The summed E-state index contributed by atoms with van der Waals surface area (Å²) in [5.41, 5.74) is 2.45. The molecule has 0 atom stereocenters. The molecule has 0 aliphatic heterocycles. The summed E-state index contributed by atoms with van der Waals surface area (Å²) in [7, 11) is 1.59. The van der Waals surface area contributed by atoms with Gasteiger partial charge in [0.2, 0.25) is 0 Å². The molecule has 0 aliphatic rings. The van der Waals surface area contributed by atoms with E-state index in [0.717, 1.165) is 11.3 Å². The van der Waals surface area contributed by atoms with Gasteiger partial charge in [-0.1, -0.05) is 12.1 Å². The molecule has 0 amide bonds. The summed E-state index contributed by atoms with van der Waals surface area (Å²) in [6, 6.07) is 7.26. The first-order valence-electron chi connectivity index (χ1n) is 3.33. The monoisotopic (exact) mass is 155 g/mol. The van der Waals surface area contributed by atoms with Gasteiger partial charge in [-0.15, -0.1) is 4.48 Å². The van der Waals surface area contributed by atoms with Gasteiger partial charge in [0.05, 0.1) is 13.7 Å². The summed E-state index contributed by atoms with van der Waals surface area (Å²) >= 11 is 0. The molecule has 1 aromatic carbocycles. The molecule has 0 heterocycles. The predicted octanol–water partition coefficient (Wildman–Crippen LogP) is 1.67. The van der Waals surface area contributed by atoms with E-state index in [2.05, 4.69) is 0 Å². The molecule has 1 aromatic rings. The zero-order chi connectivity index (χ0) is 8.10. The number of nitrogens with one attached hydrogen (secondary N) is 1. The summed E-state index contributed by atoms with van der Waals surface area (Å²) < 4.78 is 16.6. The molecule has 0 aliphatic carbocycles. The van der Waals surface area contributed by atoms with E-state index >= 15 is 0 Å². The van der Waals surface area contributed by atoms with Crippen LogP contribution >= 0.6 is 0 Å². The summed E-state index contributed by atoms with van der Waals surface area (Å²) in [5.74, 6) is 0.748. The van der Waals surface area contributed by atoms with Gasteiger partial charge < -0.3 is 4.74 Å². The molecule has 0 saturated heterocycles. The highest BCUT2D eigenvalue weighted by Gasteiger charge is 1.93. The molecule has 2 nitrogen and oxygen atoms in total. The fourth-order valence-electron chi connectivity index (χ4n) is 0.860. The second-order valence-electron chi connectivity index (χ2n) is 2.16. The van der Waals surface area contributed by atoms with Crippen molar-refractivity contribution in [1.29, 1.82) is 0 Å². The Labute approximate surface area is 64.9 Å². The Bertz CT molecular complexity index is 227. The van der Waals surface area contributed by atoms with Gasteiger partial charge in [0.1, 0.15) is 5.75 Å². The summed E-state index contributed by atoms with van der Waals surface area (Å²) in [6.45, 7) is 0.219. The Morgan fingerprint density at radius 3 is 3.00 bits per heavy atom. The van der Waals surface area contributed by atoms with E-state index in [4.69, 9.17) is 4.74 Å². The third-order valence-corrected chi connectivity index (χ3v) is 1.41. The van der Waals surface area contributed by atoms with Crippen LogP contribution in [0.2, 0.25) is 0 Å². The van der Waals surface area contributed by atoms with Crippen LogP contribution in [0.3, 0.4) is 0 Å². The number of halogens is 1. The van der Waals surface area contributed by atoms with Crippen molar-refractivity contribution in [2.45, 2.75) is 6.54 Å². The number of benzene rings is 1. The van der Waals surface area contributed by atoms with Gasteiger partial charge in [-0.3, -0.25) is 0 Å². The Morgan fingerprint density at radius 1 is 1.55 bits per heavy atom. The van der Waals surface area contributed by atoms with E-state index in [9.17, 15) is 4.48 Å². The maximum Gasteiger partial charge on any atom is 0.119 e. The first-order valence-corrected chi connectivity index (χ1v) is 3.33. The first-order chi connectivity index (χ1) is 5.36. The van der Waals surface area contributed by atoms with Crippen molar-refractivity contribution >= 4 is 0 Å². The van der Waals surface area contributed by atoms with Crippen molar-refractivity contribution in [2.75, 3.05) is 7.11 Å². The minimum atomic E-state index is 0.219. The maximum absolute atomic E-state index is 11.6. The van der Waals surface area contributed by atoms with Crippen molar-refractivity contribution in [3.8, 4) is 5.75 Å². The van der Waals surface area contributed by atoms with E-state index in [1.165, 1.54) is 0 Å².